The Morgan fingerprint density at radius 1 is 1.03 bits per heavy atom. The van der Waals surface area contributed by atoms with Gasteiger partial charge in [-0.3, -0.25) is 4.68 Å². The Morgan fingerprint density at radius 3 is 2.53 bits per heavy atom. The average Bonchev–Trinajstić information content (AvgIpc) is 3.36. The van der Waals surface area contributed by atoms with E-state index in [-0.39, 0.29) is 35.1 Å². The minimum Gasteiger partial charge on any atom is -0.368 e. The van der Waals surface area contributed by atoms with Gasteiger partial charge in [-0.15, -0.1) is 0 Å². The summed E-state index contributed by atoms with van der Waals surface area (Å²) in [5, 5.41) is 7.57. The van der Waals surface area contributed by atoms with Crippen molar-refractivity contribution in [1.29, 1.82) is 0 Å². The second-order valence-electron chi connectivity index (χ2n) is 6.15. The molecule has 0 spiro atoms. The van der Waals surface area contributed by atoms with Crippen molar-refractivity contribution < 1.29 is 17.7 Å². The lowest BCUT2D eigenvalue weighted by atomic mass is 10.3. The van der Waals surface area contributed by atoms with Gasteiger partial charge < -0.3 is 15.2 Å². The molecule has 2 N–H and O–H groups in total. The van der Waals surface area contributed by atoms with Gasteiger partial charge in [0.1, 0.15) is 6.54 Å². The first-order chi connectivity index (χ1) is 14.3. The van der Waals surface area contributed by atoms with Crippen LogP contribution in [0.3, 0.4) is 0 Å². The molecule has 0 saturated carbocycles. The van der Waals surface area contributed by atoms with Crippen LogP contribution in [0.15, 0.2) is 47.1 Å². The number of anilines is 3. The Balaban J connectivity index is 1.61. The summed E-state index contributed by atoms with van der Waals surface area (Å²) in [7, 11) is 1.75. The van der Waals surface area contributed by atoms with Crippen molar-refractivity contribution in [3.05, 3.63) is 42.6 Å². The lowest BCUT2D eigenvalue weighted by Crippen LogP contribution is -2.17. The molecule has 1 aromatic carbocycles. The lowest BCUT2D eigenvalue weighted by molar-refractivity contribution is -0.142. The van der Waals surface area contributed by atoms with E-state index in [1.165, 1.54) is 12.3 Å². The number of nitrogen functional groups attached to an aromatic ring is 1. The second kappa shape index (κ2) is 7.42. The molecular weight excluding hydrogens is 403 g/mol. The third-order valence-corrected chi connectivity index (χ3v) is 3.91. The number of benzene rings is 1. The van der Waals surface area contributed by atoms with Crippen LogP contribution in [0, 0.1) is 0 Å². The predicted octanol–water partition coefficient (Wildman–Crippen LogP) is 2.70. The van der Waals surface area contributed by atoms with Crippen LogP contribution >= 0.6 is 0 Å². The molecule has 4 aromatic rings. The van der Waals surface area contributed by atoms with Gasteiger partial charge >= 0.3 is 6.18 Å². The molecule has 0 radical (unpaired) electrons. The monoisotopic (exact) mass is 417 g/mol. The maximum absolute atomic E-state index is 12.5. The molecule has 0 bridgehead atoms. The van der Waals surface area contributed by atoms with Crippen LogP contribution in [0.4, 0.5) is 30.8 Å². The van der Waals surface area contributed by atoms with Gasteiger partial charge in [-0.25, -0.2) is 0 Å². The highest BCUT2D eigenvalue weighted by atomic mass is 19.4. The van der Waals surface area contributed by atoms with Crippen LogP contribution in [-0.4, -0.2) is 48.1 Å². The normalized spacial score (nSPS) is 11.6. The van der Waals surface area contributed by atoms with Crippen molar-refractivity contribution in [2.45, 2.75) is 12.7 Å². The van der Waals surface area contributed by atoms with Crippen LogP contribution in [0.2, 0.25) is 0 Å². The fourth-order valence-electron chi connectivity index (χ4n) is 2.56. The molecule has 154 valence electrons. The van der Waals surface area contributed by atoms with Crippen molar-refractivity contribution >= 4 is 17.6 Å². The molecule has 0 aliphatic rings. The topological polar surface area (TPSA) is 125 Å². The van der Waals surface area contributed by atoms with E-state index in [4.69, 9.17) is 10.3 Å². The molecule has 3 heterocycles. The highest BCUT2D eigenvalue weighted by Crippen LogP contribution is 2.24. The van der Waals surface area contributed by atoms with Crippen LogP contribution in [0.25, 0.3) is 23.2 Å². The number of nitrogens with two attached hydrogens (primary N) is 1. The highest BCUT2D eigenvalue weighted by molar-refractivity contribution is 5.59. The minimum absolute atomic E-state index is 0.00724. The maximum atomic E-state index is 12.5. The molecule has 0 unspecified atom stereocenters. The predicted molar refractivity (Wildman–Crippen MR) is 99.3 cm³/mol. The summed E-state index contributed by atoms with van der Waals surface area (Å²) in [4.78, 5) is 18.2. The molecule has 0 aliphatic carbocycles. The van der Waals surface area contributed by atoms with Gasteiger partial charge in [-0.1, -0.05) is 23.4 Å². The molecule has 13 heteroatoms. The third-order valence-electron chi connectivity index (χ3n) is 3.91. The summed E-state index contributed by atoms with van der Waals surface area (Å²) in [6.07, 6.45) is -3.23. The molecule has 10 nitrogen and oxygen atoms in total. The van der Waals surface area contributed by atoms with E-state index in [1.807, 2.05) is 30.3 Å². The van der Waals surface area contributed by atoms with Crippen molar-refractivity contribution in [2.24, 2.45) is 0 Å². The molecule has 4 rings (SSSR count). The van der Waals surface area contributed by atoms with Gasteiger partial charge in [-0.2, -0.15) is 38.2 Å². The summed E-state index contributed by atoms with van der Waals surface area (Å²) < 4.78 is 43.3. The Kier molecular flexibility index (Phi) is 4.77. The number of para-hydroxylation sites is 1. The van der Waals surface area contributed by atoms with Crippen LogP contribution in [0.1, 0.15) is 0 Å². The third kappa shape index (κ3) is 4.19. The number of hydrogen-bond donors (Lipinski definition) is 1. The second-order valence-corrected chi connectivity index (χ2v) is 6.15. The van der Waals surface area contributed by atoms with E-state index in [0.717, 1.165) is 10.4 Å². The smallest absolute Gasteiger partial charge is 0.368 e. The molecule has 3 aromatic heterocycles. The molecule has 30 heavy (non-hydrogen) atoms. The van der Waals surface area contributed by atoms with Crippen molar-refractivity contribution in [1.82, 2.24) is 34.9 Å². The quantitative estimate of drug-likeness (QED) is 0.522. The van der Waals surface area contributed by atoms with E-state index >= 15 is 0 Å². The van der Waals surface area contributed by atoms with E-state index in [2.05, 4.69) is 30.2 Å². The van der Waals surface area contributed by atoms with Crippen molar-refractivity contribution in [2.75, 3.05) is 17.7 Å². The summed E-state index contributed by atoms with van der Waals surface area (Å²) in [6.45, 7) is -1.23. The first kappa shape index (κ1) is 19.3. The largest absolute Gasteiger partial charge is 0.408 e. The van der Waals surface area contributed by atoms with Crippen LogP contribution < -0.4 is 10.6 Å². The first-order valence-corrected chi connectivity index (χ1v) is 8.53. The Hall–Kier alpha value is -4.03. The standard InChI is InChI=1S/C17H14F3N9O/c1-28(10-5-3-2-4-6-10)16-24-12(23-15(21)25-16)13-22-14(30-27-13)11-7-8-29(26-11)9-17(18,19)20/h2-8H,9H2,1H3,(H2,21,23,24,25). The van der Waals surface area contributed by atoms with Gasteiger partial charge in [-0.05, 0) is 18.2 Å². The maximum Gasteiger partial charge on any atom is 0.408 e. The number of hydrogen-bond acceptors (Lipinski definition) is 9. The number of aromatic nitrogens is 7. The number of rotatable bonds is 5. The SMILES string of the molecule is CN(c1ccccc1)c1nc(N)nc(-c2noc(-c3ccn(CC(F)(F)F)n3)n2)n1. The summed E-state index contributed by atoms with van der Waals surface area (Å²) >= 11 is 0. The van der Waals surface area contributed by atoms with E-state index < -0.39 is 12.7 Å². The zero-order valence-corrected chi connectivity index (χ0v) is 15.4. The van der Waals surface area contributed by atoms with E-state index in [0.29, 0.717) is 0 Å². The Labute approximate surface area is 167 Å². The lowest BCUT2D eigenvalue weighted by Gasteiger charge is -2.17. The number of halogens is 3. The summed E-state index contributed by atoms with van der Waals surface area (Å²) in [5.41, 5.74) is 6.70. The molecule has 0 fully saturated rings. The molecule has 0 aliphatic heterocycles. The average molecular weight is 417 g/mol. The van der Waals surface area contributed by atoms with Crippen molar-refractivity contribution in [3.8, 4) is 23.2 Å². The number of alkyl halides is 3. The van der Waals surface area contributed by atoms with E-state index in [9.17, 15) is 13.2 Å². The summed E-state index contributed by atoms with van der Waals surface area (Å²) in [6, 6.07) is 10.7. The number of nitrogens with zero attached hydrogens (tertiary/aromatic N) is 8. The fourth-order valence-corrected chi connectivity index (χ4v) is 2.56. The zero-order valence-electron chi connectivity index (χ0n) is 15.4. The van der Waals surface area contributed by atoms with Gasteiger partial charge in [0.05, 0.1) is 0 Å². The fraction of sp³-hybridized carbons (Fsp3) is 0.176. The van der Waals surface area contributed by atoms with Crippen LogP contribution in [0.5, 0.6) is 0 Å². The van der Waals surface area contributed by atoms with Gasteiger partial charge in [0, 0.05) is 18.9 Å². The molecule has 0 amide bonds. The first-order valence-electron chi connectivity index (χ1n) is 8.53. The summed E-state index contributed by atoms with van der Waals surface area (Å²) in [5.74, 6) is 0.156. The highest BCUT2D eigenvalue weighted by Gasteiger charge is 2.28. The molecular formula is C17H14F3N9O. The van der Waals surface area contributed by atoms with Gasteiger partial charge in [0.15, 0.2) is 5.69 Å². The van der Waals surface area contributed by atoms with Gasteiger partial charge in [0.2, 0.25) is 23.5 Å². The van der Waals surface area contributed by atoms with E-state index in [1.54, 1.807) is 11.9 Å². The Bertz CT molecular complexity index is 1160. The van der Waals surface area contributed by atoms with Crippen molar-refractivity contribution in [3.63, 3.8) is 0 Å². The van der Waals surface area contributed by atoms with Gasteiger partial charge in [0.25, 0.3) is 5.89 Å². The van der Waals surface area contributed by atoms with Crippen LogP contribution in [-0.2, 0) is 6.54 Å². The molecule has 0 atom stereocenters. The Morgan fingerprint density at radius 2 is 1.80 bits per heavy atom. The minimum atomic E-state index is -4.40. The molecule has 0 saturated heterocycles. The zero-order chi connectivity index (χ0) is 21.3.